The van der Waals surface area contributed by atoms with E-state index in [1.165, 1.54) is 12.1 Å². The number of hydrogen-bond donors (Lipinski definition) is 2. The number of nitrogens with one attached hydrogen (secondary N) is 2. The van der Waals surface area contributed by atoms with Crippen LogP contribution in [0.5, 0.6) is 5.75 Å². The van der Waals surface area contributed by atoms with Crippen molar-refractivity contribution in [1.82, 2.24) is 35.6 Å². The van der Waals surface area contributed by atoms with Crippen LogP contribution in [0.25, 0.3) is 22.8 Å². The molecule has 0 bridgehead atoms. The molecule has 1 aromatic carbocycles. The monoisotopic (exact) mass is 393 g/mol. The normalized spacial score (nSPS) is 11.0. The molecule has 4 rings (SSSR count). The number of benzene rings is 1. The largest absolute Gasteiger partial charge is 0.493 e. The van der Waals surface area contributed by atoms with Crippen molar-refractivity contribution in [3.63, 3.8) is 0 Å². The van der Waals surface area contributed by atoms with Crippen molar-refractivity contribution in [3.05, 3.63) is 59.9 Å². The van der Waals surface area contributed by atoms with Gasteiger partial charge in [0.05, 0.1) is 18.6 Å². The molecule has 0 atom stereocenters. The average Bonchev–Trinajstić information content (AvgIpc) is 3.42. The lowest BCUT2D eigenvalue weighted by Crippen LogP contribution is -2.02. The Kier molecular flexibility index (Phi) is 5.55. The molecule has 0 saturated carbocycles. The van der Waals surface area contributed by atoms with Gasteiger partial charge in [-0.2, -0.15) is 5.21 Å². The first kappa shape index (κ1) is 18.7. The van der Waals surface area contributed by atoms with Crippen LogP contribution in [0.3, 0.4) is 0 Å². The first-order valence-corrected chi connectivity index (χ1v) is 9.38. The molecule has 4 aromatic rings. The Hall–Kier alpha value is -3.62. The quantitative estimate of drug-likeness (QED) is 0.444. The summed E-state index contributed by atoms with van der Waals surface area (Å²) in [5.74, 6) is 0.711. The number of pyridine rings is 1. The number of ether oxygens (including phenoxy) is 1. The Balaban J connectivity index is 1.62. The van der Waals surface area contributed by atoms with Crippen molar-refractivity contribution in [2.75, 3.05) is 6.61 Å². The number of aromatic nitrogens is 7. The van der Waals surface area contributed by atoms with E-state index in [1.807, 2.05) is 6.07 Å². The highest BCUT2D eigenvalue weighted by Crippen LogP contribution is 2.28. The van der Waals surface area contributed by atoms with Crippen LogP contribution in [0, 0.1) is 5.82 Å². The predicted octanol–water partition coefficient (Wildman–Crippen LogP) is 3.56. The zero-order chi connectivity index (χ0) is 20.1. The number of rotatable bonds is 8. The van der Waals surface area contributed by atoms with Gasteiger partial charge in [-0.15, -0.1) is 10.2 Å². The van der Waals surface area contributed by atoms with Crippen LogP contribution in [0.4, 0.5) is 4.39 Å². The van der Waals surface area contributed by atoms with E-state index >= 15 is 0 Å². The maximum atomic E-state index is 13.7. The molecular weight excluding hydrogens is 373 g/mol. The average molecular weight is 393 g/mol. The summed E-state index contributed by atoms with van der Waals surface area (Å²) in [5.41, 5.74) is 3.90. The summed E-state index contributed by atoms with van der Waals surface area (Å²) >= 11 is 0. The van der Waals surface area contributed by atoms with Crippen LogP contribution in [0.1, 0.15) is 31.0 Å². The van der Waals surface area contributed by atoms with Gasteiger partial charge in [0.25, 0.3) is 0 Å². The van der Waals surface area contributed by atoms with E-state index in [-0.39, 0.29) is 5.82 Å². The van der Waals surface area contributed by atoms with Gasteiger partial charge in [-0.25, -0.2) is 9.37 Å². The second-order valence-corrected chi connectivity index (χ2v) is 6.53. The summed E-state index contributed by atoms with van der Waals surface area (Å²) in [5, 5.41) is 14.0. The number of nitrogens with zero attached hydrogens (tertiary/aromatic N) is 5. The summed E-state index contributed by atoms with van der Waals surface area (Å²) in [7, 11) is 0. The minimum atomic E-state index is -0.320. The third kappa shape index (κ3) is 4.29. The van der Waals surface area contributed by atoms with E-state index in [4.69, 9.17) is 4.74 Å². The third-order valence-corrected chi connectivity index (χ3v) is 4.48. The SMILES string of the molecule is CCCCOc1cc(F)ccc1Cc1[nH]cnc1-c1cc(-c2nn[nH]n2)ccn1. The zero-order valence-electron chi connectivity index (χ0n) is 15.9. The van der Waals surface area contributed by atoms with Gasteiger partial charge >= 0.3 is 0 Å². The summed E-state index contributed by atoms with van der Waals surface area (Å²) in [6.07, 6.45) is 5.73. The Labute approximate surface area is 166 Å². The van der Waals surface area contributed by atoms with Crippen LogP contribution in [0.15, 0.2) is 42.9 Å². The highest BCUT2D eigenvalue weighted by molar-refractivity contribution is 5.65. The smallest absolute Gasteiger partial charge is 0.204 e. The van der Waals surface area contributed by atoms with E-state index in [9.17, 15) is 4.39 Å². The molecular formula is C20H20FN7O. The molecule has 0 unspecified atom stereocenters. The van der Waals surface area contributed by atoms with E-state index in [2.05, 4.69) is 42.5 Å². The zero-order valence-corrected chi connectivity index (χ0v) is 15.9. The van der Waals surface area contributed by atoms with Crippen molar-refractivity contribution < 1.29 is 9.13 Å². The number of halogens is 1. The summed E-state index contributed by atoms with van der Waals surface area (Å²) in [6, 6.07) is 8.27. The summed E-state index contributed by atoms with van der Waals surface area (Å²) in [4.78, 5) is 12.0. The Bertz CT molecular complexity index is 1080. The lowest BCUT2D eigenvalue weighted by Gasteiger charge is -2.12. The fraction of sp³-hybridized carbons (Fsp3) is 0.250. The van der Waals surface area contributed by atoms with Crippen LogP contribution < -0.4 is 4.74 Å². The van der Waals surface area contributed by atoms with Crippen LogP contribution in [-0.2, 0) is 6.42 Å². The van der Waals surface area contributed by atoms with Crippen molar-refractivity contribution >= 4 is 0 Å². The van der Waals surface area contributed by atoms with Gasteiger partial charge in [0.2, 0.25) is 5.82 Å². The van der Waals surface area contributed by atoms with Gasteiger partial charge in [0.1, 0.15) is 17.3 Å². The molecule has 0 radical (unpaired) electrons. The molecule has 3 heterocycles. The fourth-order valence-corrected chi connectivity index (χ4v) is 2.99. The van der Waals surface area contributed by atoms with E-state index in [0.29, 0.717) is 36.0 Å². The molecule has 0 aliphatic rings. The molecule has 29 heavy (non-hydrogen) atoms. The van der Waals surface area contributed by atoms with Crippen molar-refractivity contribution in [2.45, 2.75) is 26.2 Å². The van der Waals surface area contributed by atoms with E-state index in [1.54, 1.807) is 24.7 Å². The lowest BCUT2D eigenvalue weighted by atomic mass is 10.0. The van der Waals surface area contributed by atoms with Crippen molar-refractivity contribution in [2.24, 2.45) is 0 Å². The third-order valence-electron chi connectivity index (χ3n) is 4.48. The Morgan fingerprint density at radius 1 is 1.14 bits per heavy atom. The van der Waals surface area contributed by atoms with Crippen molar-refractivity contribution in [3.8, 4) is 28.5 Å². The first-order valence-electron chi connectivity index (χ1n) is 9.38. The number of aromatic amines is 2. The van der Waals surface area contributed by atoms with Gasteiger partial charge in [-0.3, -0.25) is 4.98 Å². The minimum Gasteiger partial charge on any atom is -0.493 e. The standard InChI is InChI=1S/C20H20FN7O/c1-2-3-8-29-18-11-15(21)5-4-13(18)9-17-19(24-12-23-17)16-10-14(6-7-22-16)20-25-27-28-26-20/h4-7,10-12H,2-3,8-9H2,1H3,(H,23,24)(H,25,26,27,28). The minimum absolute atomic E-state index is 0.320. The van der Waals surface area contributed by atoms with Gasteiger partial charge < -0.3 is 9.72 Å². The molecule has 0 fully saturated rings. The van der Waals surface area contributed by atoms with Crippen molar-refractivity contribution in [1.29, 1.82) is 0 Å². The maximum Gasteiger partial charge on any atom is 0.204 e. The summed E-state index contributed by atoms with van der Waals surface area (Å²) < 4.78 is 19.5. The van der Waals surface area contributed by atoms with Gasteiger partial charge in [-0.05, 0) is 29.8 Å². The molecule has 0 spiro atoms. The second kappa shape index (κ2) is 8.59. The second-order valence-electron chi connectivity index (χ2n) is 6.53. The van der Waals surface area contributed by atoms with Crippen LogP contribution in [0.2, 0.25) is 0 Å². The van der Waals surface area contributed by atoms with Gasteiger partial charge in [0.15, 0.2) is 0 Å². The molecule has 2 N–H and O–H groups in total. The maximum absolute atomic E-state index is 13.7. The molecule has 9 heteroatoms. The molecule has 8 nitrogen and oxygen atoms in total. The lowest BCUT2D eigenvalue weighted by molar-refractivity contribution is 0.305. The van der Waals surface area contributed by atoms with Gasteiger partial charge in [-0.1, -0.05) is 19.4 Å². The van der Waals surface area contributed by atoms with E-state index in [0.717, 1.165) is 29.7 Å². The molecule has 3 aromatic heterocycles. The fourth-order valence-electron chi connectivity index (χ4n) is 2.99. The molecule has 0 aliphatic carbocycles. The predicted molar refractivity (Wildman–Crippen MR) is 105 cm³/mol. The topological polar surface area (TPSA) is 105 Å². The summed E-state index contributed by atoms with van der Waals surface area (Å²) in [6.45, 7) is 2.64. The highest BCUT2D eigenvalue weighted by Gasteiger charge is 2.15. The number of H-pyrrole nitrogens is 2. The number of imidazole rings is 1. The molecule has 0 aliphatic heterocycles. The molecule has 0 saturated heterocycles. The van der Waals surface area contributed by atoms with Gasteiger partial charge in [0, 0.05) is 35.5 Å². The number of hydrogen-bond acceptors (Lipinski definition) is 6. The number of tetrazole rings is 1. The molecule has 148 valence electrons. The first-order chi connectivity index (χ1) is 14.2. The highest BCUT2D eigenvalue weighted by atomic mass is 19.1. The Morgan fingerprint density at radius 2 is 2.07 bits per heavy atom. The number of unbranched alkanes of at least 4 members (excludes halogenated alkanes) is 1. The molecule has 0 amide bonds. The van der Waals surface area contributed by atoms with Crippen LogP contribution in [-0.4, -0.2) is 42.2 Å². The van der Waals surface area contributed by atoms with Crippen LogP contribution >= 0.6 is 0 Å². The Morgan fingerprint density at radius 3 is 2.90 bits per heavy atom. The van der Waals surface area contributed by atoms with E-state index < -0.39 is 0 Å².